The van der Waals surface area contributed by atoms with Gasteiger partial charge in [-0.3, -0.25) is 9.59 Å². The standard InChI is InChI=1S/C30H31Cl2N3O8S/c1-30(12-5-13-35(30)44(40,41)22-16-19(31)15-20(32)17-22)29(39)34-23(28(37)38)14-18-8-10-21(11-9-18)33-27(36)26-24(42-2)6-4-7-25(26)43-3/h4,6-11,15-17,23H,5,12-14H2,1-3H3,(H,33,36)(H,34,39)(H,37,38)/t23-,30-/m0/s1. The van der Waals surface area contributed by atoms with Crippen molar-refractivity contribution in [1.29, 1.82) is 0 Å². The molecule has 3 N–H and O–H groups in total. The second-order valence-electron chi connectivity index (χ2n) is 10.3. The Kier molecular flexibility index (Phi) is 10.1. The molecule has 3 aromatic rings. The smallest absolute Gasteiger partial charge is 0.326 e. The number of sulfonamides is 1. The van der Waals surface area contributed by atoms with Crippen LogP contribution in [0.1, 0.15) is 35.7 Å². The fourth-order valence-electron chi connectivity index (χ4n) is 5.10. The summed E-state index contributed by atoms with van der Waals surface area (Å²) >= 11 is 12.0. The number of anilines is 1. The minimum atomic E-state index is -4.19. The molecule has 4 rings (SSSR count). The van der Waals surface area contributed by atoms with Crippen molar-refractivity contribution < 1.29 is 37.4 Å². The van der Waals surface area contributed by atoms with Gasteiger partial charge in [0, 0.05) is 28.7 Å². The average molecular weight is 665 g/mol. The number of carboxylic acids is 1. The molecule has 1 aliphatic rings. The molecule has 234 valence electrons. The van der Waals surface area contributed by atoms with E-state index in [1.54, 1.807) is 42.5 Å². The van der Waals surface area contributed by atoms with Gasteiger partial charge in [-0.1, -0.05) is 41.4 Å². The van der Waals surface area contributed by atoms with E-state index in [9.17, 15) is 27.9 Å². The van der Waals surface area contributed by atoms with Crippen LogP contribution in [0.3, 0.4) is 0 Å². The fraction of sp³-hybridized carbons (Fsp3) is 0.300. The Morgan fingerprint density at radius 1 is 1.00 bits per heavy atom. The zero-order chi connectivity index (χ0) is 32.2. The van der Waals surface area contributed by atoms with E-state index in [4.69, 9.17) is 32.7 Å². The molecule has 11 nitrogen and oxygen atoms in total. The van der Waals surface area contributed by atoms with Crippen LogP contribution in [0.15, 0.2) is 65.6 Å². The van der Waals surface area contributed by atoms with Crippen LogP contribution in [0.2, 0.25) is 10.0 Å². The number of carbonyl (C=O) groups excluding carboxylic acids is 2. The lowest BCUT2D eigenvalue weighted by molar-refractivity contribution is -0.143. The Morgan fingerprint density at radius 2 is 1.59 bits per heavy atom. The summed E-state index contributed by atoms with van der Waals surface area (Å²) in [5.74, 6) is -1.84. The number of hydrogen-bond acceptors (Lipinski definition) is 7. The highest BCUT2D eigenvalue weighted by Gasteiger charge is 2.50. The molecule has 2 amide bonds. The van der Waals surface area contributed by atoms with Crippen LogP contribution < -0.4 is 20.1 Å². The Labute approximate surface area is 265 Å². The van der Waals surface area contributed by atoms with E-state index in [0.29, 0.717) is 29.2 Å². The van der Waals surface area contributed by atoms with E-state index in [2.05, 4.69) is 10.6 Å². The lowest BCUT2D eigenvalue weighted by Gasteiger charge is -2.34. The number of amides is 2. The van der Waals surface area contributed by atoms with Gasteiger partial charge in [-0.15, -0.1) is 0 Å². The van der Waals surface area contributed by atoms with E-state index in [-0.39, 0.29) is 39.9 Å². The molecule has 0 spiro atoms. The first-order valence-electron chi connectivity index (χ1n) is 13.4. The molecule has 0 bridgehead atoms. The summed E-state index contributed by atoms with van der Waals surface area (Å²) in [6.45, 7) is 1.52. The van der Waals surface area contributed by atoms with E-state index in [0.717, 1.165) is 4.31 Å². The molecular weight excluding hydrogens is 633 g/mol. The Bertz CT molecular complexity index is 1640. The largest absolute Gasteiger partial charge is 0.496 e. The number of benzene rings is 3. The summed E-state index contributed by atoms with van der Waals surface area (Å²) < 4.78 is 38.7. The first-order valence-corrected chi connectivity index (χ1v) is 15.6. The molecule has 44 heavy (non-hydrogen) atoms. The summed E-state index contributed by atoms with van der Waals surface area (Å²) in [7, 11) is -1.31. The predicted octanol–water partition coefficient (Wildman–Crippen LogP) is 4.62. The van der Waals surface area contributed by atoms with Gasteiger partial charge in [0.05, 0.1) is 19.1 Å². The van der Waals surface area contributed by atoms with Crippen molar-refractivity contribution in [1.82, 2.24) is 9.62 Å². The molecule has 14 heteroatoms. The minimum absolute atomic E-state index is 0.0576. The third-order valence-electron chi connectivity index (χ3n) is 7.40. The molecular formula is C30H31Cl2N3O8S. The van der Waals surface area contributed by atoms with Crippen LogP contribution in [0.25, 0.3) is 0 Å². The van der Waals surface area contributed by atoms with Gasteiger partial charge in [-0.2, -0.15) is 4.31 Å². The molecule has 2 atom stereocenters. The third kappa shape index (κ3) is 6.94. The summed E-state index contributed by atoms with van der Waals surface area (Å²) in [5.41, 5.74) is -0.344. The number of nitrogens with one attached hydrogen (secondary N) is 2. The molecule has 3 aromatic carbocycles. The highest BCUT2D eigenvalue weighted by atomic mass is 35.5. The highest BCUT2D eigenvalue weighted by molar-refractivity contribution is 7.89. The van der Waals surface area contributed by atoms with Gasteiger partial charge in [0.1, 0.15) is 28.6 Å². The number of carbonyl (C=O) groups is 3. The average Bonchev–Trinajstić information content (AvgIpc) is 3.40. The van der Waals surface area contributed by atoms with E-state index < -0.39 is 39.4 Å². The Balaban J connectivity index is 1.48. The maximum absolute atomic E-state index is 13.5. The number of rotatable bonds is 11. The molecule has 1 aliphatic heterocycles. The van der Waals surface area contributed by atoms with Crippen molar-refractivity contribution in [2.24, 2.45) is 0 Å². The second-order valence-corrected chi connectivity index (χ2v) is 13.1. The summed E-state index contributed by atoms with van der Waals surface area (Å²) in [4.78, 5) is 38.5. The van der Waals surface area contributed by atoms with Gasteiger partial charge in [0.25, 0.3) is 5.91 Å². The zero-order valence-corrected chi connectivity index (χ0v) is 26.4. The van der Waals surface area contributed by atoms with Crippen molar-refractivity contribution in [2.75, 3.05) is 26.1 Å². The maximum Gasteiger partial charge on any atom is 0.326 e. The van der Waals surface area contributed by atoms with Crippen molar-refractivity contribution in [2.45, 2.75) is 42.7 Å². The van der Waals surface area contributed by atoms with Crippen LogP contribution in [-0.4, -0.2) is 68.0 Å². The van der Waals surface area contributed by atoms with Gasteiger partial charge in [-0.25, -0.2) is 13.2 Å². The molecule has 0 radical (unpaired) electrons. The van der Waals surface area contributed by atoms with Crippen LogP contribution >= 0.6 is 23.2 Å². The van der Waals surface area contributed by atoms with Gasteiger partial charge in [0.2, 0.25) is 15.9 Å². The Morgan fingerprint density at radius 3 is 2.14 bits per heavy atom. The normalized spacial score (nSPS) is 17.5. The number of methoxy groups -OCH3 is 2. The van der Waals surface area contributed by atoms with E-state index in [1.165, 1.54) is 39.3 Å². The molecule has 0 unspecified atom stereocenters. The highest BCUT2D eigenvalue weighted by Crippen LogP contribution is 2.36. The maximum atomic E-state index is 13.5. The summed E-state index contributed by atoms with van der Waals surface area (Å²) in [6, 6.07) is 13.9. The van der Waals surface area contributed by atoms with Crippen molar-refractivity contribution in [3.05, 3.63) is 81.8 Å². The van der Waals surface area contributed by atoms with Crippen LogP contribution in [0.4, 0.5) is 5.69 Å². The number of aliphatic carboxylic acids is 1. The quantitative estimate of drug-likeness (QED) is 0.269. The van der Waals surface area contributed by atoms with Crippen LogP contribution in [0.5, 0.6) is 11.5 Å². The van der Waals surface area contributed by atoms with Crippen LogP contribution in [-0.2, 0) is 26.0 Å². The number of halogens is 2. The first-order chi connectivity index (χ1) is 20.8. The van der Waals surface area contributed by atoms with E-state index in [1.807, 2.05) is 0 Å². The van der Waals surface area contributed by atoms with Gasteiger partial charge >= 0.3 is 5.97 Å². The first kappa shape index (κ1) is 33.1. The number of ether oxygens (including phenoxy) is 2. The lowest BCUT2D eigenvalue weighted by atomic mass is 9.97. The summed E-state index contributed by atoms with van der Waals surface area (Å²) in [5, 5.41) is 15.4. The predicted molar refractivity (Wildman–Crippen MR) is 165 cm³/mol. The van der Waals surface area contributed by atoms with Crippen LogP contribution in [0, 0.1) is 0 Å². The SMILES string of the molecule is COc1cccc(OC)c1C(=O)Nc1ccc(C[C@H](NC(=O)[C@]2(C)CCCN2S(=O)(=O)c2cc(Cl)cc(Cl)c2)C(=O)O)cc1. The van der Waals surface area contributed by atoms with Gasteiger partial charge in [-0.05, 0) is 67.8 Å². The molecule has 1 fully saturated rings. The van der Waals surface area contributed by atoms with Gasteiger partial charge < -0.3 is 25.2 Å². The molecule has 1 saturated heterocycles. The lowest BCUT2D eigenvalue weighted by Crippen LogP contribution is -2.58. The molecule has 0 aliphatic carbocycles. The number of carboxylic acid groups (broad SMARTS) is 1. The molecule has 0 saturated carbocycles. The van der Waals surface area contributed by atoms with E-state index >= 15 is 0 Å². The van der Waals surface area contributed by atoms with Crippen molar-refractivity contribution >= 4 is 56.7 Å². The number of nitrogens with zero attached hydrogens (tertiary/aromatic N) is 1. The van der Waals surface area contributed by atoms with Crippen molar-refractivity contribution in [3.63, 3.8) is 0 Å². The molecule has 0 aromatic heterocycles. The second kappa shape index (κ2) is 13.4. The number of hydrogen-bond donors (Lipinski definition) is 3. The third-order valence-corrected chi connectivity index (χ3v) is 9.83. The minimum Gasteiger partial charge on any atom is -0.496 e. The van der Waals surface area contributed by atoms with Crippen molar-refractivity contribution in [3.8, 4) is 11.5 Å². The monoisotopic (exact) mass is 663 g/mol. The fourth-order valence-corrected chi connectivity index (χ4v) is 7.63. The summed E-state index contributed by atoms with van der Waals surface area (Å²) in [6.07, 6.45) is 0.482. The zero-order valence-electron chi connectivity index (χ0n) is 24.1. The molecule has 1 heterocycles. The topological polar surface area (TPSA) is 151 Å². The van der Waals surface area contributed by atoms with Gasteiger partial charge in [0.15, 0.2) is 0 Å². The Hall–Kier alpha value is -3.84.